The van der Waals surface area contributed by atoms with E-state index in [1.807, 2.05) is 11.1 Å². The van der Waals surface area contributed by atoms with E-state index in [0.717, 1.165) is 31.4 Å². The van der Waals surface area contributed by atoms with Crippen molar-refractivity contribution in [3.8, 4) is 0 Å². The molecule has 2 fully saturated rings. The highest BCUT2D eigenvalue weighted by Gasteiger charge is 2.43. The van der Waals surface area contributed by atoms with Crippen LogP contribution in [-0.2, 0) is 10.9 Å². The third kappa shape index (κ3) is 5.13. The van der Waals surface area contributed by atoms with Crippen molar-refractivity contribution in [3.63, 3.8) is 0 Å². The molecule has 0 radical (unpaired) electrons. The van der Waals surface area contributed by atoms with Crippen LogP contribution in [0.1, 0.15) is 49.8 Å². The van der Waals surface area contributed by atoms with Gasteiger partial charge in [-0.25, -0.2) is 8.78 Å². The van der Waals surface area contributed by atoms with Crippen LogP contribution in [0.4, 0.5) is 22.0 Å². The first kappa shape index (κ1) is 23.5. The molecule has 178 valence electrons. The van der Waals surface area contributed by atoms with Gasteiger partial charge in [-0.1, -0.05) is 6.07 Å². The van der Waals surface area contributed by atoms with Gasteiger partial charge in [-0.15, -0.1) is 0 Å². The van der Waals surface area contributed by atoms with E-state index in [1.54, 1.807) is 0 Å². The molecule has 0 saturated carbocycles. The molecule has 0 aromatic heterocycles. The smallest absolute Gasteiger partial charge is 0.359 e. The van der Waals surface area contributed by atoms with Crippen molar-refractivity contribution in [3.05, 3.63) is 35.1 Å². The number of hydrogen-bond donors (Lipinski definition) is 2. The Balaban J connectivity index is 1.43. The summed E-state index contributed by atoms with van der Waals surface area (Å²) in [5, 5.41) is 6.09. The van der Waals surface area contributed by atoms with Crippen LogP contribution in [0.15, 0.2) is 23.2 Å². The van der Waals surface area contributed by atoms with Crippen molar-refractivity contribution < 1.29 is 26.7 Å². The Morgan fingerprint density at radius 1 is 1.19 bits per heavy atom. The van der Waals surface area contributed by atoms with Crippen molar-refractivity contribution in [2.75, 3.05) is 19.8 Å². The Bertz CT molecular complexity index is 820. The maximum atomic E-state index is 15.4. The highest BCUT2D eigenvalue weighted by molar-refractivity contribution is 5.61. The number of rotatable bonds is 5. The zero-order valence-electron chi connectivity index (χ0n) is 17.9. The van der Waals surface area contributed by atoms with Crippen molar-refractivity contribution in [1.29, 1.82) is 0 Å². The Hall–Kier alpha value is -1.62. The van der Waals surface area contributed by atoms with Crippen LogP contribution in [0.25, 0.3) is 0 Å². The molecule has 0 aliphatic carbocycles. The molecule has 3 aliphatic rings. The molecule has 0 spiro atoms. The molecular formula is C22H29F5N4O. The van der Waals surface area contributed by atoms with Gasteiger partial charge in [0.25, 0.3) is 0 Å². The number of ether oxygens (including phenoxy) is 1. The SMILES string of the molecule is CC1CCC(COC2NCNC(N3CCCC3c3ccc(C(F)(F)F)c(F)c3)C2F)C=N1. The molecule has 0 bridgehead atoms. The van der Waals surface area contributed by atoms with E-state index < -0.39 is 36.1 Å². The molecule has 4 rings (SSSR count). The fourth-order valence-electron chi connectivity index (χ4n) is 4.78. The molecule has 10 heteroatoms. The van der Waals surface area contributed by atoms with Crippen LogP contribution >= 0.6 is 0 Å². The average Bonchev–Trinajstić information content (AvgIpc) is 3.23. The molecule has 32 heavy (non-hydrogen) atoms. The summed E-state index contributed by atoms with van der Waals surface area (Å²) in [6, 6.07) is 2.93. The lowest BCUT2D eigenvalue weighted by Gasteiger charge is -2.42. The van der Waals surface area contributed by atoms with Gasteiger partial charge in [-0.2, -0.15) is 13.2 Å². The van der Waals surface area contributed by atoms with Gasteiger partial charge in [0.2, 0.25) is 0 Å². The van der Waals surface area contributed by atoms with Crippen molar-refractivity contribution in [1.82, 2.24) is 15.5 Å². The van der Waals surface area contributed by atoms with Crippen molar-refractivity contribution >= 4 is 6.21 Å². The van der Waals surface area contributed by atoms with Crippen molar-refractivity contribution in [2.45, 2.75) is 69.4 Å². The molecule has 3 aliphatic heterocycles. The molecule has 5 nitrogen and oxygen atoms in total. The first-order valence-corrected chi connectivity index (χ1v) is 11.1. The summed E-state index contributed by atoms with van der Waals surface area (Å²) in [6.45, 7) is 3.31. The first-order chi connectivity index (χ1) is 15.2. The summed E-state index contributed by atoms with van der Waals surface area (Å²) in [7, 11) is 0. The quantitative estimate of drug-likeness (QED) is 0.652. The minimum atomic E-state index is -4.75. The van der Waals surface area contributed by atoms with E-state index in [9.17, 15) is 17.6 Å². The van der Waals surface area contributed by atoms with E-state index in [4.69, 9.17) is 4.74 Å². The molecule has 1 aromatic carbocycles. The summed E-state index contributed by atoms with van der Waals surface area (Å²) >= 11 is 0. The van der Waals surface area contributed by atoms with Gasteiger partial charge in [-0.05, 0) is 50.3 Å². The zero-order valence-corrected chi connectivity index (χ0v) is 17.9. The number of likely N-dealkylation sites (tertiary alicyclic amines) is 1. The highest BCUT2D eigenvalue weighted by atomic mass is 19.4. The third-order valence-corrected chi connectivity index (χ3v) is 6.54. The van der Waals surface area contributed by atoms with Crippen LogP contribution in [-0.4, -0.2) is 55.5 Å². The number of hydrogen-bond acceptors (Lipinski definition) is 5. The van der Waals surface area contributed by atoms with Gasteiger partial charge in [0, 0.05) is 37.4 Å². The monoisotopic (exact) mass is 460 g/mol. The van der Waals surface area contributed by atoms with E-state index in [2.05, 4.69) is 22.5 Å². The Kier molecular flexibility index (Phi) is 7.14. The second-order valence-electron chi connectivity index (χ2n) is 8.85. The van der Waals surface area contributed by atoms with Gasteiger partial charge >= 0.3 is 6.18 Å². The summed E-state index contributed by atoms with van der Waals surface area (Å²) < 4.78 is 74.1. The maximum Gasteiger partial charge on any atom is 0.419 e. The Morgan fingerprint density at radius 3 is 2.69 bits per heavy atom. The first-order valence-electron chi connectivity index (χ1n) is 11.1. The Morgan fingerprint density at radius 2 is 2.00 bits per heavy atom. The molecule has 6 atom stereocenters. The maximum absolute atomic E-state index is 15.4. The van der Waals surface area contributed by atoms with E-state index in [1.165, 1.54) is 6.07 Å². The van der Waals surface area contributed by atoms with Crippen LogP contribution in [0.2, 0.25) is 0 Å². The normalized spacial score (nSPS) is 34.2. The van der Waals surface area contributed by atoms with E-state index >= 15 is 4.39 Å². The standard InChI is InChI=1S/C22H29F5N4O/c1-13-4-5-14(10-28-13)11-32-21-19(24)20(29-12-30-21)31-8-2-3-18(31)15-6-7-16(17(23)9-15)22(25,26)27/h6-7,9-10,13-14,18-21,29-30H,2-5,8,11-12H2,1H3. The highest BCUT2D eigenvalue weighted by Crippen LogP contribution is 2.38. The fraction of sp³-hybridized carbons (Fsp3) is 0.682. The minimum absolute atomic E-state index is 0.156. The largest absolute Gasteiger partial charge is 0.419 e. The fourth-order valence-corrected chi connectivity index (χ4v) is 4.78. The summed E-state index contributed by atoms with van der Waals surface area (Å²) in [6.07, 6.45) is -2.46. The van der Waals surface area contributed by atoms with Gasteiger partial charge in [-0.3, -0.25) is 20.5 Å². The van der Waals surface area contributed by atoms with Crippen LogP contribution in [0.5, 0.6) is 0 Å². The van der Waals surface area contributed by atoms with Gasteiger partial charge in [0.15, 0.2) is 6.17 Å². The van der Waals surface area contributed by atoms with E-state index in [0.29, 0.717) is 37.8 Å². The summed E-state index contributed by atoms with van der Waals surface area (Å²) in [5.41, 5.74) is -0.867. The molecule has 0 amide bonds. The summed E-state index contributed by atoms with van der Waals surface area (Å²) in [5.74, 6) is -1.15. The number of aliphatic imine (C=N–C) groups is 1. The molecule has 1 aromatic rings. The molecule has 6 unspecified atom stereocenters. The lowest BCUT2D eigenvalue weighted by Crippen LogP contribution is -2.65. The number of nitrogens with one attached hydrogen (secondary N) is 2. The van der Waals surface area contributed by atoms with Crippen LogP contribution < -0.4 is 10.6 Å². The minimum Gasteiger partial charge on any atom is -0.359 e. The zero-order chi connectivity index (χ0) is 22.9. The number of halogens is 5. The van der Waals surface area contributed by atoms with Gasteiger partial charge in [0.1, 0.15) is 12.0 Å². The van der Waals surface area contributed by atoms with Crippen molar-refractivity contribution in [2.24, 2.45) is 10.9 Å². The second kappa shape index (κ2) is 9.70. The molecular weight excluding hydrogens is 431 g/mol. The number of benzene rings is 1. The predicted molar refractivity (Wildman–Crippen MR) is 110 cm³/mol. The van der Waals surface area contributed by atoms with E-state index in [-0.39, 0.29) is 12.0 Å². The topological polar surface area (TPSA) is 48.9 Å². The van der Waals surface area contributed by atoms with Crippen LogP contribution in [0.3, 0.4) is 0 Å². The number of alkyl halides is 4. The molecule has 2 N–H and O–H groups in total. The Labute approximate surface area is 184 Å². The third-order valence-electron chi connectivity index (χ3n) is 6.54. The average molecular weight is 460 g/mol. The number of nitrogens with zero attached hydrogens (tertiary/aromatic N) is 2. The lowest BCUT2D eigenvalue weighted by atomic mass is 9.99. The van der Waals surface area contributed by atoms with Gasteiger partial charge < -0.3 is 4.74 Å². The summed E-state index contributed by atoms with van der Waals surface area (Å²) in [4.78, 5) is 6.27. The molecule has 3 heterocycles. The lowest BCUT2D eigenvalue weighted by molar-refractivity contribution is -0.140. The predicted octanol–water partition coefficient (Wildman–Crippen LogP) is 4.01. The van der Waals surface area contributed by atoms with Gasteiger partial charge in [0.05, 0.1) is 18.3 Å². The molecule has 2 saturated heterocycles. The van der Waals surface area contributed by atoms with Crippen LogP contribution in [0, 0.1) is 11.7 Å². The second-order valence-corrected chi connectivity index (χ2v) is 8.85.